The first-order valence-electron chi connectivity index (χ1n) is 9.63. The zero-order valence-electron chi connectivity index (χ0n) is 17.2. The molecule has 0 atom stereocenters. The molecular formula is C22H30N2O3S. The molecule has 152 valence electrons. The number of aryl methyl sites for hydroxylation is 3. The molecule has 0 aliphatic heterocycles. The first-order chi connectivity index (χ1) is 13.2. The van der Waals surface area contributed by atoms with Crippen molar-refractivity contribution in [3.8, 4) is 0 Å². The minimum Gasteiger partial charge on any atom is -0.338 e. The minimum atomic E-state index is -3.65. The van der Waals surface area contributed by atoms with Gasteiger partial charge in [-0.25, -0.2) is 13.1 Å². The summed E-state index contributed by atoms with van der Waals surface area (Å²) in [6.07, 6.45) is 0.988. The minimum absolute atomic E-state index is 0.0502. The predicted octanol–water partition coefficient (Wildman–Crippen LogP) is 3.72. The molecule has 0 aliphatic carbocycles. The number of hydrogen-bond acceptors (Lipinski definition) is 3. The zero-order chi connectivity index (χ0) is 20.7. The van der Waals surface area contributed by atoms with Gasteiger partial charge in [0, 0.05) is 26.1 Å². The molecule has 0 fully saturated rings. The van der Waals surface area contributed by atoms with Gasteiger partial charge < -0.3 is 4.90 Å². The van der Waals surface area contributed by atoms with Crippen LogP contribution in [-0.2, 0) is 21.4 Å². The van der Waals surface area contributed by atoms with Crippen LogP contribution in [0, 0.1) is 20.8 Å². The van der Waals surface area contributed by atoms with Crippen LogP contribution in [0.25, 0.3) is 0 Å². The third kappa shape index (κ3) is 5.91. The van der Waals surface area contributed by atoms with Gasteiger partial charge in [-0.3, -0.25) is 4.79 Å². The molecule has 1 amide bonds. The van der Waals surface area contributed by atoms with Gasteiger partial charge in [-0.05, 0) is 43.9 Å². The molecule has 0 aliphatic rings. The van der Waals surface area contributed by atoms with Gasteiger partial charge in [-0.2, -0.15) is 0 Å². The summed E-state index contributed by atoms with van der Waals surface area (Å²) in [5.74, 6) is -0.0502. The van der Waals surface area contributed by atoms with Gasteiger partial charge in [-0.1, -0.05) is 55.0 Å². The molecule has 0 radical (unpaired) electrons. The molecule has 5 nitrogen and oxygen atoms in total. The van der Waals surface area contributed by atoms with Crippen molar-refractivity contribution < 1.29 is 13.2 Å². The van der Waals surface area contributed by atoms with E-state index in [1.165, 1.54) is 0 Å². The summed E-state index contributed by atoms with van der Waals surface area (Å²) >= 11 is 0. The summed E-state index contributed by atoms with van der Waals surface area (Å²) in [6, 6.07) is 13.5. The molecular weight excluding hydrogens is 372 g/mol. The third-order valence-corrected chi connectivity index (χ3v) is 6.33. The molecule has 0 bridgehead atoms. The van der Waals surface area contributed by atoms with Crippen molar-refractivity contribution in [2.45, 2.75) is 52.0 Å². The van der Waals surface area contributed by atoms with Crippen LogP contribution in [0.4, 0.5) is 0 Å². The fourth-order valence-electron chi connectivity index (χ4n) is 3.48. The largest absolute Gasteiger partial charge is 0.338 e. The lowest BCUT2D eigenvalue weighted by molar-refractivity contribution is -0.131. The highest BCUT2D eigenvalue weighted by atomic mass is 32.2. The van der Waals surface area contributed by atoms with Crippen LogP contribution in [0.15, 0.2) is 47.4 Å². The summed E-state index contributed by atoms with van der Waals surface area (Å²) in [5, 5.41) is 0. The average Bonchev–Trinajstić information content (AvgIpc) is 2.60. The second-order valence-corrected chi connectivity index (χ2v) is 8.88. The first-order valence-corrected chi connectivity index (χ1v) is 11.1. The number of benzene rings is 2. The van der Waals surface area contributed by atoms with Gasteiger partial charge in [0.25, 0.3) is 0 Å². The van der Waals surface area contributed by atoms with E-state index in [4.69, 9.17) is 0 Å². The summed E-state index contributed by atoms with van der Waals surface area (Å²) in [7, 11) is -3.65. The standard InChI is InChI=1S/C22H30N2O3S/c1-5-13-24(16-20-9-7-6-8-10-20)21(25)11-12-23-28(26,27)22-18(3)14-17(2)15-19(22)4/h6-10,14-15,23H,5,11-13,16H2,1-4H3. The molecule has 6 heteroatoms. The zero-order valence-corrected chi connectivity index (χ0v) is 18.0. The number of hydrogen-bond donors (Lipinski definition) is 1. The fraction of sp³-hybridized carbons (Fsp3) is 0.409. The lowest BCUT2D eigenvalue weighted by atomic mass is 10.1. The van der Waals surface area contributed by atoms with Crippen molar-refractivity contribution in [2.24, 2.45) is 0 Å². The van der Waals surface area contributed by atoms with Gasteiger partial charge in [0.15, 0.2) is 0 Å². The van der Waals surface area contributed by atoms with Crippen LogP contribution in [0.2, 0.25) is 0 Å². The first kappa shape index (κ1) is 22.1. The molecule has 1 N–H and O–H groups in total. The normalized spacial score (nSPS) is 11.4. The Morgan fingerprint density at radius 2 is 1.64 bits per heavy atom. The number of amides is 1. The highest BCUT2D eigenvalue weighted by Crippen LogP contribution is 2.21. The monoisotopic (exact) mass is 402 g/mol. The Balaban J connectivity index is 2.01. The van der Waals surface area contributed by atoms with Crippen LogP contribution in [-0.4, -0.2) is 32.3 Å². The summed E-state index contributed by atoms with van der Waals surface area (Å²) in [6.45, 7) is 8.83. The Labute approximate surface area is 168 Å². The van der Waals surface area contributed by atoms with Crippen molar-refractivity contribution in [1.82, 2.24) is 9.62 Å². The molecule has 0 unspecified atom stereocenters. The summed E-state index contributed by atoms with van der Waals surface area (Å²) in [4.78, 5) is 14.7. The summed E-state index contributed by atoms with van der Waals surface area (Å²) < 4.78 is 28.0. The van der Waals surface area contributed by atoms with Crippen LogP contribution in [0.3, 0.4) is 0 Å². The highest BCUT2D eigenvalue weighted by Gasteiger charge is 2.20. The fourth-order valence-corrected chi connectivity index (χ4v) is 4.96. The van der Waals surface area contributed by atoms with Gasteiger partial charge in [0.05, 0.1) is 4.90 Å². The third-order valence-electron chi connectivity index (χ3n) is 4.57. The second-order valence-electron chi connectivity index (χ2n) is 7.18. The number of nitrogens with one attached hydrogen (secondary N) is 1. The SMILES string of the molecule is CCCN(Cc1ccccc1)C(=O)CCNS(=O)(=O)c1c(C)cc(C)cc1C. The molecule has 0 saturated carbocycles. The van der Waals surface area contributed by atoms with E-state index in [1.807, 2.05) is 56.3 Å². The van der Waals surface area contributed by atoms with Crippen LogP contribution in [0.1, 0.15) is 42.0 Å². The van der Waals surface area contributed by atoms with Crippen molar-refractivity contribution in [3.05, 3.63) is 64.7 Å². The quantitative estimate of drug-likeness (QED) is 0.695. The summed E-state index contributed by atoms with van der Waals surface area (Å²) in [5.41, 5.74) is 3.53. The van der Waals surface area contributed by atoms with E-state index >= 15 is 0 Å². The molecule has 0 heterocycles. The Hall–Kier alpha value is -2.18. The Bertz CT molecular complexity index is 886. The van der Waals surface area contributed by atoms with Crippen molar-refractivity contribution >= 4 is 15.9 Å². The van der Waals surface area contributed by atoms with E-state index in [9.17, 15) is 13.2 Å². The van der Waals surface area contributed by atoms with E-state index in [2.05, 4.69) is 4.72 Å². The lowest BCUT2D eigenvalue weighted by Gasteiger charge is -2.22. The second kappa shape index (κ2) is 9.85. The van der Waals surface area contributed by atoms with Crippen molar-refractivity contribution in [2.75, 3.05) is 13.1 Å². The van der Waals surface area contributed by atoms with E-state index in [-0.39, 0.29) is 18.9 Å². The average molecular weight is 403 g/mol. The lowest BCUT2D eigenvalue weighted by Crippen LogP contribution is -2.35. The number of carbonyl (C=O) groups excluding carboxylic acids is 1. The smallest absolute Gasteiger partial charge is 0.241 e. The molecule has 2 aromatic rings. The number of sulfonamides is 1. The maximum absolute atomic E-state index is 12.7. The maximum atomic E-state index is 12.7. The predicted molar refractivity (Wildman–Crippen MR) is 113 cm³/mol. The van der Waals surface area contributed by atoms with Gasteiger partial charge in [-0.15, -0.1) is 0 Å². The number of nitrogens with zero attached hydrogens (tertiary/aromatic N) is 1. The van der Waals surface area contributed by atoms with E-state index in [0.29, 0.717) is 29.1 Å². The number of rotatable bonds is 9. The van der Waals surface area contributed by atoms with E-state index in [1.54, 1.807) is 18.7 Å². The highest BCUT2D eigenvalue weighted by molar-refractivity contribution is 7.89. The molecule has 28 heavy (non-hydrogen) atoms. The Morgan fingerprint density at radius 1 is 1.04 bits per heavy atom. The van der Waals surface area contributed by atoms with Crippen LogP contribution in [0.5, 0.6) is 0 Å². The maximum Gasteiger partial charge on any atom is 0.241 e. The van der Waals surface area contributed by atoms with Crippen LogP contribution < -0.4 is 4.72 Å². The molecule has 0 saturated heterocycles. The van der Waals surface area contributed by atoms with Gasteiger partial charge in [0.1, 0.15) is 0 Å². The van der Waals surface area contributed by atoms with E-state index in [0.717, 1.165) is 17.5 Å². The molecule has 0 spiro atoms. The van der Waals surface area contributed by atoms with Crippen molar-refractivity contribution in [1.29, 1.82) is 0 Å². The Kier molecular flexibility index (Phi) is 7.78. The van der Waals surface area contributed by atoms with Gasteiger partial charge >= 0.3 is 0 Å². The van der Waals surface area contributed by atoms with E-state index < -0.39 is 10.0 Å². The van der Waals surface area contributed by atoms with Gasteiger partial charge in [0.2, 0.25) is 15.9 Å². The number of carbonyl (C=O) groups is 1. The van der Waals surface area contributed by atoms with Crippen molar-refractivity contribution in [3.63, 3.8) is 0 Å². The topological polar surface area (TPSA) is 66.5 Å². The molecule has 0 aromatic heterocycles. The Morgan fingerprint density at radius 3 is 2.21 bits per heavy atom. The van der Waals surface area contributed by atoms with Crippen LogP contribution >= 0.6 is 0 Å². The molecule has 2 aromatic carbocycles. The molecule has 2 rings (SSSR count).